The largest absolute Gasteiger partial charge is 0.492 e. The summed E-state index contributed by atoms with van der Waals surface area (Å²) in [5, 5.41) is 0. The Morgan fingerprint density at radius 2 is 1.95 bits per heavy atom. The topological polar surface area (TPSA) is 29.5 Å². The Balaban J connectivity index is 2.03. The van der Waals surface area contributed by atoms with Gasteiger partial charge in [-0.2, -0.15) is 13.2 Å². The van der Waals surface area contributed by atoms with Crippen LogP contribution in [-0.4, -0.2) is 37.4 Å². The van der Waals surface area contributed by atoms with Crippen molar-refractivity contribution < 1.29 is 22.7 Å². The van der Waals surface area contributed by atoms with Gasteiger partial charge in [0.1, 0.15) is 18.6 Å². The van der Waals surface area contributed by atoms with E-state index < -0.39 is 11.7 Å². The van der Waals surface area contributed by atoms with Crippen LogP contribution in [0.3, 0.4) is 0 Å². The van der Waals surface area contributed by atoms with Crippen molar-refractivity contribution in [1.29, 1.82) is 0 Å². The fraction of sp³-hybridized carbons (Fsp3) is 0.500. The highest BCUT2D eigenvalue weighted by Crippen LogP contribution is 2.36. The van der Waals surface area contributed by atoms with Crippen LogP contribution >= 0.6 is 0 Å². The van der Waals surface area contributed by atoms with Crippen LogP contribution in [0.4, 0.5) is 13.2 Å². The number of ether oxygens (including phenoxy) is 1. The predicted molar refractivity (Wildman–Crippen MR) is 68.0 cm³/mol. The molecule has 20 heavy (non-hydrogen) atoms. The zero-order valence-electron chi connectivity index (χ0n) is 10.9. The molecule has 0 N–H and O–H groups in total. The van der Waals surface area contributed by atoms with Crippen molar-refractivity contribution in [2.45, 2.75) is 19.0 Å². The second-order valence-electron chi connectivity index (χ2n) is 4.77. The van der Waals surface area contributed by atoms with Gasteiger partial charge in [-0.25, -0.2) is 0 Å². The monoisotopic (exact) mass is 287 g/mol. The van der Waals surface area contributed by atoms with E-state index in [0.29, 0.717) is 12.8 Å². The molecule has 0 spiro atoms. The van der Waals surface area contributed by atoms with Gasteiger partial charge in [0.05, 0.1) is 5.56 Å². The number of alkyl halides is 3. The lowest BCUT2D eigenvalue weighted by Crippen LogP contribution is -2.25. The van der Waals surface area contributed by atoms with E-state index in [2.05, 4.69) is 4.90 Å². The lowest BCUT2D eigenvalue weighted by atomic mass is 10.1. The molecule has 1 saturated heterocycles. The second kappa shape index (κ2) is 6.26. The number of aldehydes is 1. The van der Waals surface area contributed by atoms with Crippen molar-refractivity contribution in [3.05, 3.63) is 29.3 Å². The maximum absolute atomic E-state index is 12.9. The van der Waals surface area contributed by atoms with Crippen molar-refractivity contribution >= 4 is 6.29 Å². The van der Waals surface area contributed by atoms with Crippen LogP contribution in [0.15, 0.2) is 18.2 Å². The van der Waals surface area contributed by atoms with Crippen molar-refractivity contribution in [3.8, 4) is 5.75 Å². The molecule has 6 heteroatoms. The standard InChI is InChI=1S/C14H16F3NO2/c15-14(16,17)12-9-11(10-19)3-4-13(12)20-8-7-18-5-1-2-6-18/h3-4,9-10H,1-2,5-8H2. The highest BCUT2D eigenvalue weighted by Gasteiger charge is 2.34. The van der Waals surface area contributed by atoms with Crippen LogP contribution in [0.1, 0.15) is 28.8 Å². The van der Waals surface area contributed by atoms with Gasteiger partial charge in [-0.3, -0.25) is 9.69 Å². The zero-order chi connectivity index (χ0) is 14.6. The van der Waals surface area contributed by atoms with Crippen molar-refractivity contribution in [3.63, 3.8) is 0 Å². The van der Waals surface area contributed by atoms with Gasteiger partial charge < -0.3 is 4.74 Å². The lowest BCUT2D eigenvalue weighted by Gasteiger charge is -2.17. The van der Waals surface area contributed by atoms with Crippen LogP contribution < -0.4 is 4.74 Å². The third-order valence-electron chi connectivity index (χ3n) is 3.31. The molecular weight excluding hydrogens is 271 g/mol. The molecule has 0 aromatic heterocycles. The summed E-state index contributed by atoms with van der Waals surface area (Å²) in [4.78, 5) is 12.7. The average Bonchev–Trinajstić information content (AvgIpc) is 2.91. The summed E-state index contributed by atoms with van der Waals surface area (Å²) in [6, 6.07) is 3.35. The molecule has 0 aliphatic carbocycles. The molecule has 110 valence electrons. The Morgan fingerprint density at radius 1 is 1.25 bits per heavy atom. The first-order valence-electron chi connectivity index (χ1n) is 6.52. The number of rotatable bonds is 5. The first-order chi connectivity index (χ1) is 9.50. The number of nitrogens with zero attached hydrogens (tertiary/aromatic N) is 1. The van der Waals surface area contributed by atoms with Gasteiger partial charge in [0.15, 0.2) is 0 Å². The fourth-order valence-corrected chi connectivity index (χ4v) is 2.26. The summed E-state index contributed by atoms with van der Waals surface area (Å²) in [7, 11) is 0. The molecule has 2 rings (SSSR count). The van der Waals surface area contributed by atoms with E-state index in [0.717, 1.165) is 32.0 Å². The number of carbonyl (C=O) groups is 1. The third kappa shape index (κ3) is 3.72. The number of hydrogen-bond acceptors (Lipinski definition) is 3. The maximum Gasteiger partial charge on any atom is 0.419 e. The van der Waals surface area contributed by atoms with Crippen LogP contribution in [0, 0.1) is 0 Å². The molecule has 1 aromatic carbocycles. The predicted octanol–water partition coefficient (Wildman–Crippen LogP) is 2.99. The van der Waals surface area contributed by atoms with Gasteiger partial charge in [0, 0.05) is 12.1 Å². The van der Waals surface area contributed by atoms with E-state index in [1.165, 1.54) is 12.1 Å². The number of hydrogen-bond donors (Lipinski definition) is 0. The maximum atomic E-state index is 12.9. The molecule has 0 radical (unpaired) electrons. The number of likely N-dealkylation sites (tertiary alicyclic amines) is 1. The quantitative estimate of drug-likeness (QED) is 0.780. The minimum absolute atomic E-state index is 0.00998. The smallest absolute Gasteiger partial charge is 0.419 e. The van der Waals surface area contributed by atoms with Gasteiger partial charge in [-0.05, 0) is 44.1 Å². The van der Waals surface area contributed by atoms with Crippen LogP contribution in [0.25, 0.3) is 0 Å². The minimum Gasteiger partial charge on any atom is -0.492 e. The molecule has 1 aromatic rings. The Hall–Kier alpha value is -1.56. The molecule has 1 aliphatic heterocycles. The summed E-state index contributed by atoms with van der Waals surface area (Å²) in [6.07, 6.45) is -1.88. The van der Waals surface area contributed by atoms with E-state index in [4.69, 9.17) is 4.74 Å². The van der Waals surface area contributed by atoms with Crippen molar-refractivity contribution in [2.75, 3.05) is 26.2 Å². The molecule has 3 nitrogen and oxygen atoms in total. The SMILES string of the molecule is O=Cc1ccc(OCCN2CCCC2)c(C(F)(F)F)c1. The summed E-state index contributed by atoms with van der Waals surface area (Å²) < 4.78 is 43.9. The van der Waals surface area contributed by atoms with Crippen molar-refractivity contribution in [1.82, 2.24) is 4.90 Å². The summed E-state index contributed by atoms with van der Waals surface area (Å²) in [5.41, 5.74) is -0.910. The van der Waals surface area contributed by atoms with E-state index >= 15 is 0 Å². The van der Waals surface area contributed by atoms with E-state index in [-0.39, 0.29) is 17.9 Å². The molecular formula is C14H16F3NO2. The first kappa shape index (κ1) is 14.8. The zero-order valence-corrected chi connectivity index (χ0v) is 10.9. The van der Waals surface area contributed by atoms with E-state index in [1.807, 2.05) is 0 Å². The van der Waals surface area contributed by atoms with Gasteiger partial charge in [0.25, 0.3) is 0 Å². The third-order valence-corrected chi connectivity index (χ3v) is 3.31. The highest BCUT2D eigenvalue weighted by molar-refractivity contribution is 5.75. The van der Waals surface area contributed by atoms with E-state index in [9.17, 15) is 18.0 Å². The molecule has 0 bridgehead atoms. The van der Waals surface area contributed by atoms with Gasteiger partial charge in [0.2, 0.25) is 0 Å². The van der Waals surface area contributed by atoms with Gasteiger partial charge >= 0.3 is 6.18 Å². The molecule has 1 heterocycles. The number of benzene rings is 1. The molecule has 0 saturated carbocycles. The van der Waals surface area contributed by atoms with E-state index in [1.54, 1.807) is 0 Å². The van der Waals surface area contributed by atoms with Gasteiger partial charge in [-0.15, -0.1) is 0 Å². The van der Waals surface area contributed by atoms with Gasteiger partial charge in [-0.1, -0.05) is 0 Å². The summed E-state index contributed by atoms with van der Waals surface area (Å²) in [6.45, 7) is 2.77. The number of halogens is 3. The lowest BCUT2D eigenvalue weighted by molar-refractivity contribution is -0.139. The Morgan fingerprint density at radius 3 is 2.55 bits per heavy atom. The first-order valence-corrected chi connectivity index (χ1v) is 6.52. The Bertz CT molecular complexity index is 468. The summed E-state index contributed by atoms with van der Waals surface area (Å²) in [5.74, 6) is -0.220. The van der Waals surface area contributed by atoms with Crippen LogP contribution in [0.5, 0.6) is 5.75 Å². The molecule has 0 atom stereocenters. The average molecular weight is 287 g/mol. The molecule has 1 fully saturated rings. The Kier molecular flexibility index (Phi) is 4.65. The Labute approximate surface area is 115 Å². The van der Waals surface area contributed by atoms with Crippen LogP contribution in [0.2, 0.25) is 0 Å². The fourth-order valence-electron chi connectivity index (χ4n) is 2.26. The summed E-state index contributed by atoms with van der Waals surface area (Å²) >= 11 is 0. The molecule has 0 unspecified atom stereocenters. The molecule has 0 amide bonds. The minimum atomic E-state index is -4.53. The van der Waals surface area contributed by atoms with Crippen molar-refractivity contribution in [2.24, 2.45) is 0 Å². The number of carbonyl (C=O) groups excluding carboxylic acids is 1. The second-order valence-corrected chi connectivity index (χ2v) is 4.77. The normalized spacial score (nSPS) is 16.4. The highest BCUT2D eigenvalue weighted by atomic mass is 19.4. The van der Waals surface area contributed by atoms with Crippen LogP contribution in [-0.2, 0) is 6.18 Å². The molecule has 1 aliphatic rings.